The summed E-state index contributed by atoms with van der Waals surface area (Å²) in [5, 5.41) is 8.94. The van der Waals surface area contributed by atoms with Crippen LogP contribution in [-0.2, 0) is 0 Å². The molecule has 6 heavy (non-hydrogen) atoms. The average molecular weight is 105 g/mol. The minimum atomic E-state index is 0.690. The molecule has 3 nitrogen and oxygen atoms in total. The van der Waals surface area contributed by atoms with Gasteiger partial charge in [0.25, 0.3) is 0 Å². The highest BCUT2D eigenvalue weighted by Crippen LogP contribution is 1.85. The standard InChI is InChI=1S/C2H7N3S/c1-2(5-3)6-4/h3-4H2,1H3/b5-2-. The van der Waals surface area contributed by atoms with Crippen LogP contribution < -0.4 is 11.0 Å². The molecule has 0 atom stereocenters. The summed E-state index contributed by atoms with van der Waals surface area (Å²) in [5.41, 5.74) is 0. The Bertz CT molecular complexity index is 59.8. The highest BCUT2D eigenvalue weighted by molar-refractivity contribution is 8.11. The minimum Gasteiger partial charge on any atom is -0.322 e. The van der Waals surface area contributed by atoms with Gasteiger partial charge in [-0.25, -0.2) is 0 Å². The number of hydrazone groups is 1. The number of hydrogen-bond acceptors (Lipinski definition) is 4. The van der Waals surface area contributed by atoms with Crippen molar-refractivity contribution in [1.82, 2.24) is 0 Å². The Balaban J connectivity index is 3.22. The molecule has 0 aromatic rings. The second kappa shape index (κ2) is 2.99. The van der Waals surface area contributed by atoms with Crippen LogP contribution in [0.4, 0.5) is 0 Å². The fourth-order valence-corrected chi connectivity index (χ4v) is 0.0913. The van der Waals surface area contributed by atoms with E-state index < -0.39 is 0 Å². The quantitative estimate of drug-likeness (QED) is 0.148. The number of nitrogens with zero attached hydrogens (tertiary/aromatic N) is 1. The summed E-state index contributed by atoms with van der Waals surface area (Å²) in [7, 11) is 0. The third kappa shape index (κ3) is 2.04. The summed E-state index contributed by atoms with van der Waals surface area (Å²) < 4.78 is 0. The molecule has 0 rings (SSSR count). The smallest absolute Gasteiger partial charge is 0.104 e. The first-order valence-corrected chi connectivity index (χ1v) is 2.30. The molecule has 0 bridgehead atoms. The van der Waals surface area contributed by atoms with Crippen molar-refractivity contribution in [2.75, 3.05) is 0 Å². The van der Waals surface area contributed by atoms with Crippen LogP contribution in [0.25, 0.3) is 0 Å². The van der Waals surface area contributed by atoms with Gasteiger partial charge in [0.1, 0.15) is 5.04 Å². The van der Waals surface area contributed by atoms with Crippen molar-refractivity contribution >= 4 is 17.0 Å². The molecule has 0 aromatic heterocycles. The Kier molecular flexibility index (Phi) is 2.88. The van der Waals surface area contributed by atoms with E-state index in [9.17, 15) is 0 Å². The fraction of sp³-hybridized carbons (Fsp3) is 0.500. The topological polar surface area (TPSA) is 64.4 Å². The van der Waals surface area contributed by atoms with Crippen LogP contribution in [0.1, 0.15) is 6.92 Å². The SMILES string of the molecule is C/C(=N/N)SN. The van der Waals surface area contributed by atoms with Crippen molar-refractivity contribution in [3.63, 3.8) is 0 Å². The van der Waals surface area contributed by atoms with Crippen LogP contribution in [0.2, 0.25) is 0 Å². The van der Waals surface area contributed by atoms with Gasteiger partial charge in [-0.3, -0.25) is 5.14 Å². The Morgan fingerprint density at radius 2 is 2.33 bits per heavy atom. The molecule has 4 heteroatoms. The molecule has 0 heterocycles. The zero-order valence-corrected chi connectivity index (χ0v) is 4.33. The lowest BCUT2D eigenvalue weighted by Gasteiger charge is -1.82. The van der Waals surface area contributed by atoms with Gasteiger partial charge in [-0.2, -0.15) is 5.10 Å². The maximum absolute atomic E-state index is 4.99. The van der Waals surface area contributed by atoms with Crippen LogP contribution >= 0.6 is 11.9 Å². The third-order valence-corrected chi connectivity index (χ3v) is 0.799. The molecule has 36 valence electrons. The van der Waals surface area contributed by atoms with Crippen LogP contribution in [0.5, 0.6) is 0 Å². The molecule has 0 aromatic carbocycles. The first kappa shape index (κ1) is 5.78. The fourth-order valence-electron chi connectivity index (χ4n) is 0.0304. The van der Waals surface area contributed by atoms with Gasteiger partial charge in [0.15, 0.2) is 0 Å². The first-order valence-electron chi connectivity index (χ1n) is 1.42. The van der Waals surface area contributed by atoms with E-state index in [4.69, 9.17) is 11.0 Å². The molecule has 4 N–H and O–H groups in total. The Labute approximate surface area is 40.9 Å². The summed E-state index contributed by atoms with van der Waals surface area (Å²) >= 11 is 1.05. The van der Waals surface area contributed by atoms with E-state index >= 15 is 0 Å². The molecule has 0 saturated heterocycles. The summed E-state index contributed by atoms with van der Waals surface area (Å²) in [4.78, 5) is 0. The molecule has 0 radical (unpaired) electrons. The van der Waals surface area contributed by atoms with Crippen molar-refractivity contribution in [1.29, 1.82) is 0 Å². The third-order valence-electron chi connectivity index (χ3n) is 0.352. The lowest BCUT2D eigenvalue weighted by atomic mass is 10.9. The Morgan fingerprint density at radius 1 is 1.83 bits per heavy atom. The van der Waals surface area contributed by atoms with Gasteiger partial charge < -0.3 is 5.84 Å². The lowest BCUT2D eigenvalue weighted by molar-refractivity contribution is 1.25. The summed E-state index contributed by atoms with van der Waals surface area (Å²) in [6.07, 6.45) is 0. The van der Waals surface area contributed by atoms with Gasteiger partial charge in [-0.1, -0.05) is 0 Å². The van der Waals surface area contributed by atoms with Crippen molar-refractivity contribution in [3.05, 3.63) is 0 Å². The molecule has 0 unspecified atom stereocenters. The van der Waals surface area contributed by atoms with Gasteiger partial charge in [0.2, 0.25) is 0 Å². The van der Waals surface area contributed by atoms with Crippen molar-refractivity contribution in [2.24, 2.45) is 16.1 Å². The van der Waals surface area contributed by atoms with E-state index in [0.29, 0.717) is 5.04 Å². The van der Waals surface area contributed by atoms with Gasteiger partial charge in [-0.05, 0) is 18.9 Å². The zero-order valence-electron chi connectivity index (χ0n) is 3.51. The average Bonchev–Trinajstić information content (AvgIpc) is 1.65. The molecule has 0 spiro atoms. The van der Waals surface area contributed by atoms with Crippen LogP contribution in [-0.4, -0.2) is 5.04 Å². The molecular formula is C2H7N3S. The molecule has 0 aliphatic carbocycles. The highest BCUT2D eigenvalue weighted by Gasteiger charge is 1.77. The van der Waals surface area contributed by atoms with Crippen LogP contribution in [0, 0.1) is 0 Å². The molecule has 0 aliphatic rings. The monoisotopic (exact) mass is 105 g/mol. The molecule has 0 saturated carbocycles. The van der Waals surface area contributed by atoms with E-state index in [1.54, 1.807) is 6.92 Å². The molecule has 0 amide bonds. The van der Waals surface area contributed by atoms with Crippen LogP contribution in [0.15, 0.2) is 5.10 Å². The number of hydrogen-bond donors (Lipinski definition) is 2. The van der Waals surface area contributed by atoms with E-state index in [2.05, 4.69) is 5.10 Å². The second-order valence-electron chi connectivity index (χ2n) is 0.766. The Morgan fingerprint density at radius 3 is 2.33 bits per heavy atom. The molecule has 0 fully saturated rings. The highest BCUT2D eigenvalue weighted by atomic mass is 32.2. The number of nitrogens with two attached hydrogens (primary N) is 2. The zero-order chi connectivity index (χ0) is 4.99. The number of rotatable bonds is 0. The van der Waals surface area contributed by atoms with E-state index in [1.165, 1.54) is 0 Å². The first-order chi connectivity index (χ1) is 2.81. The van der Waals surface area contributed by atoms with E-state index in [0.717, 1.165) is 11.9 Å². The molecule has 0 aliphatic heterocycles. The van der Waals surface area contributed by atoms with Crippen molar-refractivity contribution in [3.8, 4) is 0 Å². The van der Waals surface area contributed by atoms with Gasteiger partial charge >= 0.3 is 0 Å². The van der Waals surface area contributed by atoms with Crippen LogP contribution in [0.3, 0.4) is 0 Å². The maximum Gasteiger partial charge on any atom is 0.104 e. The largest absolute Gasteiger partial charge is 0.322 e. The summed E-state index contributed by atoms with van der Waals surface area (Å²) in [5.74, 6) is 4.77. The second-order valence-corrected chi connectivity index (χ2v) is 1.59. The minimum absolute atomic E-state index is 0.690. The predicted octanol–water partition coefficient (Wildman–Crippen LogP) is -0.115. The van der Waals surface area contributed by atoms with Crippen molar-refractivity contribution in [2.45, 2.75) is 6.92 Å². The Hall–Kier alpha value is -0.220. The summed E-state index contributed by atoms with van der Waals surface area (Å²) in [6.45, 7) is 1.74. The van der Waals surface area contributed by atoms with E-state index in [-0.39, 0.29) is 0 Å². The van der Waals surface area contributed by atoms with Gasteiger partial charge in [0, 0.05) is 0 Å². The van der Waals surface area contributed by atoms with Crippen molar-refractivity contribution < 1.29 is 0 Å². The summed E-state index contributed by atoms with van der Waals surface area (Å²) in [6, 6.07) is 0. The van der Waals surface area contributed by atoms with E-state index in [1.807, 2.05) is 0 Å². The lowest BCUT2D eigenvalue weighted by Crippen LogP contribution is -1.93. The molecular weight excluding hydrogens is 98.1 g/mol. The normalized spacial score (nSPS) is 12.0. The predicted molar refractivity (Wildman–Crippen MR) is 29.1 cm³/mol. The van der Waals surface area contributed by atoms with Gasteiger partial charge in [0.05, 0.1) is 0 Å². The van der Waals surface area contributed by atoms with Gasteiger partial charge in [-0.15, -0.1) is 0 Å². The maximum atomic E-state index is 4.99.